The van der Waals surface area contributed by atoms with Crippen molar-refractivity contribution in [2.75, 3.05) is 22.9 Å². The first-order valence-electron chi connectivity index (χ1n) is 10.7. The van der Waals surface area contributed by atoms with E-state index < -0.39 is 5.60 Å². The van der Waals surface area contributed by atoms with Crippen molar-refractivity contribution in [1.29, 1.82) is 0 Å². The maximum Gasteiger partial charge on any atom is 0.414 e. The standard InChI is InChI=1S/C24H32N4O3/c1-7-11-27(17(2)29)20-8-9-22-21(14-20)18(13-19-15-26(6)16-25-19)10-12-28(22)23(30)31-24(3,4)5/h8-9,13-16H,7,10-12H2,1-6H3/b18-13+. The molecule has 1 aliphatic rings. The topological polar surface area (TPSA) is 67.7 Å². The number of rotatable bonds is 4. The van der Waals surface area contributed by atoms with E-state index in [-0.39, 0.29) is 12.0 Å². The number of hydrogen-bond donors (Lipinski definition) is 0. The van der Waals surface area contributed by atoms with Gasteiger partial charge in [0, 0.05) is 44.5 Å². The predicted molar refractivity (Wildman–Crippen MR) is 124 cm³/mol. The van der Waals surface area contributed by atoms with E-state index in [2.05, 4.69) is 4.98 Å². The molecule has 0 N–H and O–H groups in total. The highest BCUT2D eigenvalue weighted by Crippen LogP contribution is 2.39. The third-order valence-corrected chi connectivity index (χ3v) is 5.02. The molecule has 2 aromatic rings. The zero-order chi connectivity index (χ0) is 22.8. The quantitative estimate of drug-likeness (QED) is 0.702. The first kappa shape index (κ1) is 22.6. The summed E-state index contributed by atoms with van der Waals surface area (Å²) in [5.74, 6) is -0.00290. The van der Waals surface area contributed by atoms with Crippen molar-refractivity contribution < 1.29 is 14.3 Å². The molecule has 31 heavy (non-hydrogen) atoms. The molecule has 0 radical (unpaired) electrons. The zero-order valence-electron chi connectivity index (χ0n) is 19.3. The van der Waals surface area contributed by atoms with Crippen molar-refractivity contribution in [3.63, 3.8) is 0 Å². The Morgan fingerprint density at radius 3 is 2.61 bits per heavy atom. The predicted octanol–water partition coefficient (Wildman–Crippen LogP) is 4.87. The minimum atomic E-state index is -0.576. The Labute approximate surface area is 184 Å². The van der Waals surface area contributed by atoms with Gasteiger partial charge in [0.2, 0.25) is 5.91 Å². The van der Waals surface area contributed by atoms with Crippen LogP contribution >= 0.6 is 0 Å². The van der Waals surface area contributed by atoms with Gasteiger partial charge >= 0.3 is 6.09 Å². The summed E-state index contributed by atoms with van der Waals surface area (Å²) >= 11 is 0. The molecule has 0 atom stereocenters. The van der Waals surface area contributed by atoms with Crippen LogP contribution in [0.4, 0.5) is 16.2 Å². The van der Waals surface area contributed by atoms with Gasteiger partial charge in [0.25, 0.3) is 0 Å². The Bertz CT molecular complexity index is 1000. The van der Waals surface area contributed by atoms with E-state index in [1.807, 2.05) is 69.8 Å². The van der Waals surface area contributed by atoms with Crippen LogP contribution in [0.2, 0.25) is 0 Å². The summed E-state index contributed by atoms with van der Waals surface area (Å²) in [6.07, 6.45) is 6.92. The average Bonchev–Trinajstić information content (AvgIpc) is 3.09. The molecule has 0 spiro atoms. The molecule has 1 aromatic heterocycles. The van der Waals surface area contributed by atoms with Crippen molar-refractivity contribution >= 4 is 35.0 Å². The largest absolute Gasteiger partial charge is 0.443 e. The molecular weight excluding hydrogens is 392 g/mol. The lowest BCUT2D eigenvalue weighted by Crippen LogP contribution is -2.39. The lowest BCUT2D eigenvalue weighted by molar-refractivity contribution is -0.116. The van der Waals surface area contributed by atoms with Crippen molar-refractivity contribution in [3.8, 4) is 0 Å². The Hall–Kier alpha value is -3.09. The van der Waals surface area contributed by atoms with Gasteiger partial charge in [-0.15, -0.1) is 0 Å². The van der Waals surface area contributed by atoms with Crippen LogP contribution in [0.25, 0.3) is 11.6 Å². The number of benzene rings is 1. The van der Waals surface area contributed by atoms with E-state index in [1.165, 1.54) is 0 Å². The second kappa shape index (κ2) is 8.96. The number of imidazole rings is 1. The first-order valence-corrected chi connectivity index (χ1v) is 10.7. The molecule has 0 fully saturated rings. The Balaban J connectivity index is 2.08. The summed E-state index contributed by atoms with van der Waals surface area (Å²) in [6.45, 7) is 10.4. The highest BCUT2D eigenvalue weighted by atomic mass is 16.6. The highest BCUT2D eigenvalue weighted by Gasteiger charge is 2.30. The number of carbonyl (C=O) groups is 2. The molecule has 0 saturated carbocycles. The normalized spacial score (nSPS) is 15.0. The summed E-state index contributed by atoms with van der Waals surface area (Å²) in [5, 5.41) is 0. The maximum atomic E-state index is 12.9. The van der Waals surface area contributed by atoms with Crippen molar-refractivity contribution in [2.45, 2.75) is 53.1 Å². The number of aryl methyl sites for hydroxylation is 1. The van der Waals surface area contributed by atoms with Crippen molar-refractivity contribution in [1.82, 2.24) is 9.55 Å². The monoisotopic (exact) mass is 424 g/mol. The highest BCUT2D eigenvalue weighted by molar-refractivity contribution is 6.00. The van der Waals surface area contributed by atoms with Crippen molar-refractivity contribution in [2.24, 2.45) is 7.05 Å². The molecule has 2 heterocycles. The lowest BCUT2D eigenvalue weighted by Gasteiger charge is -2.33. The number of anilines is 2. The summed E-state index contributed by atoms with van der Waals surface area (Å²) < 4.78 is 7.53. The van der Waals surface area contributed by atoms with Crippen LogP contribution < -0.4 is 9.80 Å². The SMILES string of the molecule is CCCN(C(C)=O)c1ccc2c(c1)/C(=C/c1cn(C)cn1)CCN2C(=O)OC(C)(C)C. The minimum absolute atomic E-state index is 0.00290. The van der Waals surface area contributed by atoms with Crippen molar-refractivity contribution in [3.05, 3.63) is 42.0 Å². The number of nitrogens with zero attached hydrogens (tertiary/aromatic N) is 4. The molecule has 0 aliphatic carbocycles. The smallest absolute Gasteiger partial charge is 0.414 e. The average molecular weight is 425 g/mol. The summed E-state index contributed by atoms with van der Waals surface area (Å²) in [5.41, 5.74) is 3.89. The van der Waals surface area contributed by atoms with Crippen LogP contribution in [-0.4, -0.2) is 40.2 Å². The summed E-state index contributed by atoms with van der Waals surface area (Å²) in [7, 11) is 1.93. The first-order chi connectivity index (χ1) is 14.6. The van der Waals surface area contributed by atoms with Gasteiger partial charge in [0.15, 0.2) is 0 Å². The number of ether oxygens (including phenoxy) is 1. The van der Waals surface area contributed by atoms with E-state index in [0.717, 1.165) is 34.6 Å². The molecule has 7 nitrogen and oxygen atoms in total. The molecule has 3 rings (SSSR count). The second-order valence-electron chi connectivity index (χ2n) is 8.89. The van der Waals surface area contributed by atoms with Crippen LogP contribution in [0.15, 0.2) is 30.7 Å². The fourth-order valence-electron chi connectivity index (χ4n) is 3.71. The maximum absolute atomic E-state index is 12.9. The van der Waals surface area contributed by atoms with E-state index in [9.17, 15) is 9.59 Å². The zero-order valence-corrected chi connectivity index (χ0v) is 19.3. The molecular formula is C24H32N4O3. The molecule has 0 unspecified atom stereocenters. The molecule has 2 amide bonds. The van der Waals surface area contributed by atoms with Gasteiger partial charge in [0.1, 0.15) is 5.60 Å². The van der Waals surface area contributed by atoms with E-state index in [0.29, 0.717) is 19.5 Å². The van der Waals surface area contributed by atoms with Gasteiger partial charge in [-0.05, 0) is 63.5 Å². The van der Waals surface area contributed by atoms with Gasteiger partial charge in [0.05, 0.1) is 17.7 Å². The van der Waals surface area contributed by atoms with Crippen LogP contribution in [-0.2, 0) is 16.6 Å². The molecule has 166 valence electrons. The fraction of sp³-hybridized carbons (Fsp3) is 0.458. The fourth-order valence-corrected chi connectivity index (χ4v) is 3.71. The molecule has 0 bridgehead atoms. The molecule has 1 aromatic carbocycles. The molecule has 0 saturated heterocycles. The lowest BCUT2D eigenvalue weighted by atomic mass is 9.94. The van der Waals surface area contributed by atoms with Gasteiger partial charge in [-0.25, -0.2) is 9.78 Å². The molecule has 7 heteroatoms. The number of aromatic nitrogens is 2. The Morgan fingerprint density at radius 2 is 2.03 bits per heavy atom. The van der Waals surface area contributed by atoms with Crippen LogP contribution in [0.1, 0.15) is 58.7 Å². The van der Waals surface area contributed by atoms with Crippen LogP contribution in [0.5, 0.6) is 0 Å². The number of fused-ring (bicyclic) bond motifs is 1. The number of amides is 2. The van der Waals surface area contributed by atoms with Gasteiger partial charge in [-0.1, -0.05) is 6.92 Å². The Kier molecular flexibility index (Phi) is 6.53. The Morgan fingerprint density at radius 1 is 1.29 bits per heavy atom. The van der Waals surface area contributed by atoms with Crippen LogP contribution in [0.3, 0.4) is 0 Å². The van der Waals surface area contributed by atoms with E-state index >= 15 is 0 Å². The second-order valence-corrected chi connectivity index (χ2v) is 8.89. The number of hydrogen-bond acceptors (Lipinski definition) is 4. The van der Waals surface area contributed by atoms with Gasteiger partial charge < -0.3 is 14.2 Å². The summed E-state index contributed by atoms with van der Waals surface area (Å²) in [6, 6.07) is 5.81. The van der Waals surface area contributed by atoms with Gasteiger partial charge in [-0.2, -0.15) is 0 Å². The van der Waals surface area contributed by atoms with E-state index in [1.54, 1.807) is 23.1 Å². The minimum Gasteiger partial charge on any atom is -0.443 e. The number of carbonyl (C=O) groups excluding carboxylic acids is 2. The third kappa shape index (κ3) is 5.34. The van der Waals surface area contributed by atoms with Gasteiger partial charge in [-0.3, -0.25) is 9.69 Å². The molecule has 1 aliphatic heterocycles. The summed E-state index contributed by atoms with van der Waals surface area (Å²) in [4.78, 5) is 33.0. The third-order valence-electron chi connectivity index (χ3n) is 5.02. The van der Waals surface area contributed by atoms with E-state index in [4.69, 9.17) is 4.74 Å². The van der Waals surface area contributed by atoms with Crippen LogP contribution in [0, 0.1) is 0 Å².